The molecule has 0 bridgehead atoms. The summed E-state index contributed by atoms with van der Waals surface area (Å²) in [5, 5.41) is 12.3. The van der Waals surface area contributed by atoms with Crippen LogP contribution in [0.5, 0.6) is 0 Å². The summed E-state index contributed by atoms with van der Waals surface area (Å²) < 4.78 is 19.9. The minimum atomic E-state index is -0.708. The van der Waals surface area contributed by atoms with Gasteiger partial charge in [-0.15, -0.1) is 0 Å². The van der Waals surface area contributed by atoms with Crippen molar-refractivity contribution in [3.8, 4) is 6.07 Å². The van der Waals surface area contributed by atoms with E-state index in [2.05, 4.69) is 5.32 Å². The molecule has 2 atom stereocenters. The van der Waals surface area contributed by atoms with E-state index in [9.17, 15) is 9.18 Å². The SMILES string of the molecule is N#Cc1cc(F)cc([C@@H]2CC[C@H]3OC4(CCNCC4)C(=O)N32)c1. The Kier molecular flexibility index (Phi) is 3.36. The van der Waals surface area contributed by atoms with Crippen molar-refractivity contribution in [1.29, 1.82) is 5.26 Å². The Labute approximate surface area is 134 Å². The Hall–Kier alpha value is -1.97. The predicted molar refractivity (Wildman–Crippen MR) is 79.6 cm³/mol. The molecule has 1 aromatic rings. The lowest BCUT2D eigenvalue weighted by atomic mass is 9.90. The molecule has 5 nitrogen and oxygen atoms in total. The Morgan fingerprint density at radius 1 is 1.30 bits per heavy atom. The molecule has 1 aromatic carbocycles. The van der Waals surface area contributed by atoms with Crippen molar-refractivity contribution in [2.45, 2.75) is 43.6 Å². The lowest BCUT2D eigenvalue weighted by molar-refractivity contribution is -0.140. The number of nitrogens with one attached hydrogen (secondary N) is 1. The molecule has 4 rings (SSSR count). The Morgan fingerprint density at radius 2 is 2.09 bits per heavy atom. The van der Waals surface area contributed by atoms with Gasteiger partial charge < -0.3 is 15.0 Å². The van der Waals surface area contributed by atoms with Gasteiger partial charge in [-0.05, 0) is 62.5 Å². The molecule has 3 heterocycles. The van der Waals surface area contributed by atoms with Gasteiger partial charge in [-0.1, -0.05) is 0 Å². The first-order valence-electron chi connectivity index (χ1n) is 8.05. The Morgan fingerprint density at radius 3 is 2.83 bits per heavy atom. The zero-order valence-electron chi connectivity index (χ0n) is 12.7. The zero-order chi connectivity index (χ0) is 16.0. The summed E-state index contributed by atoms with van der Waals surface area (Å²) in [6, 6.07) is 6.09. The van der Waals surface area contributed by atoms with E-state index in [0.29, 0.717) is 18.4 Å². The molecule has 1 amide bonds. The smallest absolute Gasteiger partial charge is 0.257 e. The summed E-state index contributed by atoms with van der Waals surface area (Å²) in [6.45, 7) is 1.55. The second kappa shape index (κ2) is 5.29. The molecular weight excluding hydrogens is 297 g/mol. The van der Waals surface area contributed by atoms with E-state index in [-0.39, 0.29) is 23.7 Å². The first kappa shape index (κ1) is 14.6. The highest BCUT2D eigenvalue weighted by atomic mass is 19.1. The molecule has 120 valence electrons. The van der Waals surface area contributed by atoms with Crippen LogP contribution in [0, 0.1) is 17.1 Å². The number of carbonyl (C=O) groups is 1. The third kappa shape index (κ3) is 2.23. The van der Waals surface area contributed by atoms with Crippen molar-refractivity contribution in [1.82, 2.24) is 10.2 Å². The van der Waals surface area contributed by atoms with Crippen molar-refractivity contribution in [3.05, 3.63) is 35.1 Å². The third-order valence-corrected chi connectivity index (χ3v) is 5.16. The van der Waals surface area contributed by atoms with Crippen LogP contribution >= 0.6 is 0 Å². The van der Waals surface area contributed by atoms with Gasteiger partial charge >= 0.3 is 0 Å². The fourth-order valence-corrected chi connectivity index (χ4v) is 4.07. The van der Waals surface area contributed by atoms with Gasteiger partial charge in [0, 0.05) is 0 Å². The number of benzene rings is 1. The quantitative estimate of drug-likeness (QED) is 0.859. The maximum atomic E-state index is 13.8. The second-order valence-electron chi connectivity index (χ2n) is 6.51. The lowest BCUT2D eigenvalue weighted by Gasteiger charge is -2.32. The van der Waals surface area contributed by atoms with Gasteiger partial charge in [-0.3, -0.25) is 4.79 Å². The number of nitriles is 1. The fraction of sp³-hybridized carbons (Fsp3) is 0.529. The summed E-state index contributed by atoms with van der Waals surface area (Å²) >= 11 is 0. The summed E-state index contributed by atoms with van der Waals surface area (Å²) in [5.41, 5.74) is 0.263. The van der Waals surface area contributed by atoms with Crippen molar-refractivity contribution < 1.29 is 13.9 Å². The fourth-order valence-electron chi connectivity index (χ4n) is 4.07. The topological polar surface area (TPSA) is 65.4 Å². The van der Waals surface area contributed by atoms with Gasteiger partial charge in [0.1, 0.15) is 12.0 Å². The van der Waals surface area contributed by atoms with E-state index in [1.165, 1.54) is 12.1 Å². The molecule has 23 heavy (non-hydrogen) atoms. The minimum absolute atomic E-state index is 0.0225. The van der Waals surface area contributed by atoms with Crippen molar-refractivity contribution >= 4 is 5.91 Å². The average molecular weight is 315 g/mol. The number of hydrogen-bond acceptors (Lipinski definition) is 4. The molecule has 1 N–H and O–H groups in total. The summed E-state index contributed by atoms with van der Waals surface area (Å²) in [4.78, 5) is 14.8. The van der Waals surface area contributed by atoms with Crippen molar-refractivity contribution in [2.75, 3.05) is 13.1 Å². The molecule has 3 saturated heterocycles. The first-order chi connectivity index (χ1) is 11.1. The van der Waals surface area contributed by atoms with Crippen molar-refractivity contribution in [3.63, 3.8) is 0 Å². The molecule has 0 aliphatic carbocycles. The van der Waals surface area contributed by atoms with Crippen LogP contribution in [0.25, 0.3) is 0 Å². The maximum absolute atomic E-state index is 13.8. The van der Waals surface area contributed by atoms with Crippen LogP contribution in [-0.2, 0) is 9.53 Å². The molecule has 0 aromatic heterocycles. The number of nitrogens with zero attached hydrogens (tertiary/aromatic N) is 2. The molecule has 0 saturated carbocycles. The number of halogens is 1. The number of amides is 1. The lowest BCUT2D eigenvalue weighted by Crippen LogP contribution is -2.49. The van der Waals surface area contributed by atoms with Gasteiger partial charge in [0.2, 0.25) is 0 Å². The van der Waals surface area contributed by atoms with Crippen LogP contribution in [0.15, 0.2) is 18.2 Å². The first-order valence-corrected chi connectivity index (χ1v) is 8.05. The standard InChI is InChI=1S/C17H18FN3O2/c18-13-8-11(10-19)7-12(9-13)14-1-2-15-21(14)16(22)17(23-15)3-5-20-6-4-17/h7-9,14-15,20H,1-6H2/t14-,15+/m0/s1. The van der Waals surface area contributed by atoms with Crippen LogP contribution in [0.1, 0.15) is 42.9 Å². The number of hydrogen-bond donors (Lipinski definition) is 1. The highest BCUT2D eigenvalue weighted by molar-refractivity contribution is 5.88. The number of rotatable bonds is 1. The molecule has 0 unspecified atom stereocenters. The van der Waals surface area contributed by atoms with E-state index in [4.69, 9.17) is 10.00 Å². The van der Waals surface area contributed by atoms with E-state index >= 15 is 0 Å². The number of carbonyl (C=O) groups excluding carboxylic acids is 1. The van der Waals surface area contributed by atoms with Gasteiger partial charge in [-0.25, -0.2) is 4.39 Å². The van der Waals surface area contributed by atoms with Crippen LogP contribution in [-0.4, -0.2) is 35.7 Å². The maximum Gasteiger partial charge on any atom is 0.257 e. The molecule has 1 spiro atoms. The zero-order valence-corrected chi connectivity index (χ0v) is 12.7. The molecule has 0 radical (unpaired) electrons. The van der Waals surface area contributed by atoms with E-state index < -0.39 is 11.4 Å². The molecular formula is C17H18FN3O2. The molecule has 3 aliphatic heterocycles. The van der Waals surface area contributed by atoms with Crippen LogP contribution in [0.4, 0.5) is 4.39 Å². The Bertz CT molecular complexity index is 694. The largest absolute Gasteiger partial charge is 0.342 e. The third-order valence-electron chi connectivity index (χ3n) is 5.16. The number of piperidine rings is 1. The minimum Gasteiger partial charge on any atom is -0.342 e. The van der Waals surface area contributed by atoms with Gasteiger partial charge in [0.15, 0.2) is 5.60 Å². The molecule has 6 heteroatoms. The number of fused-ring (bicyclic) bond motifs is 1. The number of ether oxygens (including phenoxy) is 1. The van der Waals surface area contributed by atoms with Gasteiger partial charge in [0.05, 0.1) is 17.7 Å². The highest BCUT2D eigenvalue weighted by Gasteiger charge is 2.57. The average Bonchev–Trinajstić information content (AvgIpc) is 3.07. The van der Waals surface area contributed by atoms with E-state index in [1.807, 2.05) is 6.07 Å². The predicted octanol–water partition coefficient (Wildman–Crippen LogP) is 1.84. The monoisotopic (exact) mass is 315 g/mol. The van der Waals surface area contributed by atoms with Crippen LogP contribution in [0.2, 0.25) is 0 Å². The Balaban J connectivity index is 1.66. The van der Waals surface area contributed by atoms with Crippen LogP contribution < -0.4 is 5.32 Å². The molecule has 3 fully saturated rings. The van der Waals surface area contributed by atoms with Crippen LogP contribution in [0.3, 0.4) is 0 Å². The van der Waals surface area contributed by atoms with Gasteiger partial charge in [-0.2, -0.15) is 5.26 Å². The summed E-state index contributed by atoms with van der Waals surface area (Å²) in [7, 11) is 0. The van der Waals surface area contributed by atoms with Gasteiger partial charge in [0.25, 0.3) is 5.91 Å². The van der Waals surface area contributed by atoms with Crippen molar-refractivity contribution in [2.24, 2.45) is 0 Å². The van der Waals surface area contributed by atoms with E-state index in [0.717, 1.165) is 25.9 Å². The molecule has 3 aliphatic rings. The van der Waals surface area contributed by atoms with E-state index in [1.54, 1.807) is 11.0 Å². The second-order valence-corrected chi connectivity index (χ2v) is 6.51. The normalized spacial score (nSPS) is 28.9. The highest BCUT2D eigenvalue weighted by Crippen LogP contribution is 2.47. The summed E-state index contributed by atoms with van der Waals surface area (Å²) in [6.07, 6.45) is 2.62. The summed E-state index contributed by atoms with van der Waals surface area (Å²) in [5.74, 6) is -0.416.